The smallest absolute Gasteiger partial charge is 0.260 e. The molecule has 6 heteroatoms. The molecule has 2 rings (SSSR count). The van der Waals surface area contributed by atoms with Gasteiger partial charge in [0.1, 0.15) is 5.82 Å². The highest BCUT2D eigenvalue weighted by Crippen LogP contribution is 2.20. The molecular formula is C15H24N4O2. The average molecular weight is 292 g/mol. The summed E-state index contributed by atoms with van der Waals surface area (Å²) in [4.78, 5) is 8.79. The minimum Gasteiger partial charge on any atom is -0.475 e. The van der Waals surface area contributed by atoms with E-state index in [1.54, 1.807) is 13.3 Å². The maximum absolute atomic E-state index is 5.82. The van der Waals surface area contributed by atoms with Crippen molar-refractivity contribution in [1.29, 1.82) is 0 Å². The van der Waals surface area contributed by atoms with Crippen LogP contribution in [0.3, 0.4) is 0 Å². The Morgan fingerprint density at radius 3 is 2.90 bits per heavy atom. The summed E-state index contributed by atoms with van der Waals surface area (Å²) in [5.41, 5.74) is 0.524. The highest BCUT2D eigenvalue weighted by atomic mass is 16.5. The molecule has 2 heterocycles. The number of hydrogen-bond acceptors (Lipinski definition) is 5. The molecule has 0 saturated carbocycles. The van der Waals surface area contributed by atoms with Gasteiger partial charge in [0.05, 0.1) is 18.4 Å². The van der Waals surface area contributed by atoms with Gasteiger partial charge in [0, 0.05) is 32.5 Å². The van der Waals surface area contributed by atoms with Crippen LogP contribution in [0.5, 0.6) is 5.88 Å². The van der Waals surface area contributed by atoms with E-state index in [0.29, 0.717) is 12.5 Å². The zero-order valence-electron chi connectivity index (χ0n) is 13.2. The highest BCUT2D eigenvalue weighted by Gasteiger charge is 2.17. The van der Waals surface area contributed by atoms with Crippen molar-refractivity contribution in [1.82, 2.24) is 14.4 Å². The standard InChI is InChI=1S/C15H24N4O2/c1-5-7-16-12-11-19-9-8-17-13(19)14(18-12)21-10-6-15(2,3)20-4/h8-9,11,16H,5-7,10H2,1-4H3. The largest absolute Gasteiger partial charge is 0.475 e. The summed E-state index contributed by atoms with van der Waals surface area (Å²) in [6, 6.07) is 0. The third kappa shape index (κ3) is 4.07. The summed E-state index contributed by atoms with van der Waals surface area (Å²) in [6.45, 7) is 7.60. The molecule has 0 aliphatic carbocycles. The number of methoxy groups -OCH3 is 1. The Labute approximate surface area is 125 Å². The third-order valence-electron chi connectivity index (χ3n) is 3.39. The minimum absolute atomic E-state index is 0.205. The fourth-order valence-corrected chi connectivity index (χ4v) is 1.83. The number of ether oxygens (including phenoxy) is 2. The van der Waals surface area contributed by atoms with Gasteiger partial charge < -0.3 is 14.8 Å². The molecule has 0 atom stereocenters. The van der Waals surface area contributed by atoms with Gasteiger partial charge in [-0.1, -0.05) is 6.92 Å². The first kappa shape index (κ1) is 15.6. The van der Waals surface area contributed by atoms with Crippen molar-refractivity contribution in [2.45, 2.75) is 39.2 Å². The van der Waals surface area contributed by atoms with E-state index in [2.05, 4.69) is 22.2 Å². The van der Waals surface area contributed by atoms with E-state index < -0.39 is 0 Å². The topological polar surface area (TPSA) is 60.7 Å². The third-order valence-corrected chi connectivity index (χ3v) is 3.39. The van der Waals surface area contributed by atoms with E-state index in [4.69, 9.17) is 9.47 Å². The molecule has 0 aliphatic rings. The summed E-state index contributed by atoms with van der Waals surface area (Å²) in [6.07, 6.45) is 7.38. The number of aromatic nitrogens is 3. The van der Waals surface area contributed by atoms with Crippen LogP contribution in [0.1, 0.15) is 33.6 Å². The lowest BCUT2D eigenvalue weighted by atomic mass is 10.1. The fraction of sp³-hybridized carbons (Fsp3) is 0.600. The number of nitrogens with one attached hydrogen (secondary N) is 1. The molecule has 0 radical (unpaired) electrons. The van der Waals surface area contributed by atoms with E-state index in [1.807, 2.05) is 30.6 Å². The Morgan fingerprint density at radius 1 is 1.38 bits per heavy atom. The maximum atomic E-state index is 5.82. The van der Waals surface area contributed by atoms with Gasteiger partial charge in [-0.2, -0.15) is 4.98 Å². The lowest BCUT2D eigenvalue weighted by molar-refractivity contribution is 0.00518. The molecule has 1 N–H and O–H groups in total. The molecular weight excluding hydrogens is 268 g/mol. The van der Waals surface area contributed by atoms with Gasteiger partial charge in [-0.25, -0.2) is 4.98 Å². The summed E-state index contributed by atoms with van der Waals surface area (Å²) < 4.78 is 13.1. The highest BCUT2D eigenvalue weighted by molar-refractivity contribution is 5.53. The molecule has 0 unspecified atom stereocenters. The Hall–Kier alpha value is -1.82. The Kier molecular flexibility index (Phi) is 5.01. The van der Waals surface area contributed by atoms with E-state index in [-0.39, 0.29) is 5.60 Å². The molecule has 0 spiro atoms. The molecule has 0 saturated heterocycles. The van der Waals surface area contributed by atoms with Gasteiger partial charge in [0.15, 0.2) is 0 Å². The quantitative estimate of drug-likeness (QED) is 0.810. The molecule has 0 bridgehead atoms. The number of fused-ring (bicyclic) bond motifs is 1. The van der Waals surface area contributed by atoms with Gasteiger partial charge in [0.2, 0.25) is 5.65 Å². The molecule has 0 aliphatic heterocycles. The van der Waals surface area contributed by atoms with Crippen molar-refractivity contribution >= 4 is 11.5 Å². The lowest BCUT2D eigenvalue weighted by Gasteiger charge is -2.22. The first-order valence-electron chi connectivity index (χ1n) is 7.31. The van der Waals surface area contributed by atoms with E-state index in [1.165, 1.54) is 0 Å². The Bertz CT molecular complexity index is 580. The van der Waals surface area contributed by atoms with Crippen LogP contribution in [0.15, 0.2) is 18.6 Å². The Balaban J connectivity index is 2.11. The first-order valence-corrected chi connectivity index (χ1v) is 7.31. The van der Waals surface area contributed by atoms with Crippen molar-refractivity contribution in [3.8, 4) is 5.88 Å². The van der Waals surface area contributed by atoms with E-state index in [0.717, 1.165) is 30.9 Å². The van der Waals surface area contributed by atoms with Crippen LogP contribution < -0.4 is 10.1 Å². The number of imidazole rings is 1. The number of hydrogen-bond donors (Lipinski definition) is 1. The van der Waals surface area contributed by atoms with Gasteiger partial charge in [-0.15, -0.1) is 0 Å². The van der Waals surface area contributed by atoms with Crippen LogP contribution in [0.2, 0.25) is 0 Å². The molecule has 2 aromatic rings. The van der Waals surface area contributed by atoms with Crippen LogP contribution in [0.4, 0.5) is 5.82 Å². The number of rotatable bonds is 8. The van der Waals surface area contributed by atoms with Crippen LogP contribution in [-0.2, 0) is 4.74 Å². The predicted octanol–water partition coefficient (Wildman–Crippen LogP) is 2.75. The lowest BCUT2D eigenvalue weighted by Crippen LogP contribution is -2.25. The summed E-state index contributed by atoms with van der Waals surface area (Å²) in [5.74, 6) is 1.34. The maximum Gasteiger partial charge on any atom is 0.260 e. The molecule has 2 aromatic heterocycles. The molecule has 0 aromatic carbocycles. The Morgan fingerprint density at radius 2 is 2.19 bits per heavy atom. The summed E-state index contributed by atoms with van der Waals surface area (Å²) in [7, 11) is 1.71. The van der Waals surface area contributed by atoms with Gasteiger partial charge in [-0.3, -0.25) is 4.40 Å². The van der Waals surface area contributed by atoms with E-state index >= 15 is 0 Å². The van der Waals surface area contributed by atoms with Gasteiger partial charge in [-0.05, 0) is 20.3 Å². The van der Waals surface area contributed by atoms with Crippen LogP contribution in [-0.4, -0.2) is 40.2 Å². The molecule has 0 fully saturated rings. The van der Waals surface area contributed by atoms with Crippen molar-refractivity contribution in [2.75, 3.05) is 25.6 Å². The van der Waals surface area contributed by atoms with Crippen molar-refractivity contribution in [2.24, 2.45) is 0 Å². The molecule has 21 heavy (non-hydrogen) atoms. The van der Waals surface area contributed by atoms with Gasteiger partial charge in [0.25, 0.3) is 5.88 Å². The summed E-state index contributed by atoms with van der Waals surface area (Å²) in [5, 5.41) is 3.27. The number of anilines is 1. The predicted molar refractivity (Wildman–Crippen MR) is 83.0 cm³/mol. The zero-order valence-corrected chi connectivity index (χ0v) is 13.2. The molecule has 0 amide bonds. The second-order valence-electron chi connectivity index (χ2n) is 5.58. The van der Waals surface area contributed by atoms with E-state index in [9.17, 15) is 0 Å². The molecule has 116 valence electrons. The van der Waals surface area contributed by atoms with Gasteiger partial charge >= 0.3 is 0 Å². The van der Waals surface area contributed by atoms with Crippen molar-refractivity contribution in [3.63, 3.8) is 0 Å². The first-order chi connectivity index (χ1) is 10.1. The zero-order chi connectivity index (χ0) is 15.3. The SMILES string of the molecule is CCCNc1cn2ccnc2c(OCCC(C)(C)OC)n1. The fourth-order valence-electron chi connectivity index (χ4n) is 1.83. The van der Waals surface area contributed by atoms with Crippen LogP contribution in [0.25, 0.3) is 5.65 Å². The van der Waals surface area contributed by atoms with Crippen LogP contribution in [0, 0.1) is 0 Å². The van der Waals surface area contributed by atoms with Crippen molar-refractivity contribution in [3.05, 3.63) is 18.6 Å². The number of nitrogens with zero attached hydrogens (tertiary/aromatic N) is 3. The second-order valence-corrected chi connectivity index (χ2v) is 5.58. The average Bonchev–Trinajstić information content (AvgIpc) is 2.93. The molecule has 6 nitrogen and oxygen atoms in total. The second kappa shape index (κ2) is 6.76. The summed E-state index contributed by atoms with van der Waals surface area (Å²) >= 11 is 0. The normalized spacial score (nSPS) is 11.8. The van der Waals surface area contributed by atoms with Crippen LogP contribution >= 0.6 is 0 Å². The van der Waals surface area contributed by atoms with Crippen molar-refractivity contribution < 1.29 is 9.47 Å². The monoisotopic (exact) mass is 292 g/mol. The minimum atomic E-state index is -0.205.